The minimum absolute atomic E-state index is 0.874. The van der Waals surface area contributed by atoms with Crippen LogP contribution in [-0.2, 0) is 4.74 Å². The third-order valence-corrected chi connectivity index (χ3v) is 1.85. The standard InChI is InChI=1S/C9H18OS/c1-3-4-5-7-10-8-6-9-11-2/h6,8H,3-5,7,9H2,1-2H3/b8-6-. The molecule has 0 amide bonds. The Hall–Kier alpha value is -0.110. The topological polar surface area (TPSA) is 9.23 Å². The van der Waals surface area contributed by atoms with Crippen LogP contribution in [0.3, 0.4) is 0 Å². The summed E-state index contributed by atoms with van der Waals surface area (Å²) in [5.41, 5.74) is 0. The zero-order valence-electron chi connectivity index (χ0n) is 7.51. The molecule has 0 aliphatic heterocycles. The van der Waals surface area contributed by atoms with E-state index in [1.807, 2.05) is 6.26 Å². The van der Waals surface area contributed by atoms with Gasteiger partial charge >= 0.3 is 0 Å². The Balaban J connectivity index is 2.89. The predicted octanol–water partition coefficient (Wildman–Crippen LogP) is 3.07. The second-order valence-electron chi connectivity index (χ2n) is 2.41. The third kappa shape index (κ3) is 9.89. The fraction of sp³-hybridized carbons (Fsp3) is 0.778. The van der Waals surface area contributed by atoms with Gasteiger partial charge in [-0.25, -0.2) is 0 Å². The van der Waals surface area contributed by atoms with Crippen molar-refractivity contribution >= 4 is 11.8 Å². The fourth-order valence-corrected chi connectivity index (χ4v) is 0.978. The van der Waals surface area contributed by atoms with Crippen LogP contribution in [-0.4, -0.2) is 18.6 Å². The lowest BCUT2D eigenvalue weighted by molar-refractivity contribution is 0.241. The highest BCUT2D eigenvalue weighted by molar-refractivity contribution is 7.98. The minimum Gasteiger partial charge on any atom is -0.502 e. The van der Waals surface area contributed by atoms with Gasteiger partial charge in [-0.1, -0.05) is 19.8 Å². The summed E-state index contributed by atoms with van der Waals surface area (Å²) in [6.07, 6.45) is 9.67. The number of hydrogen-bond donors (Lipinski definition) is 0. The predicted molar refractivity (Wildman–Crippen MR) is 53.0 cm³/mol. The molecule has 0 bridgehead atoms. The summed E-state index contributed by atoms with van der Waals surface area (Å²) in [4.78, 5) is 0. The molecule has 11 heavy (non-hydrogen) atoms. The third-order valence-electron chi connectivity index (χ3n) is 1.32. The Morgan fingerprint density at radius 1 is 1.36 bits per heavy atom. The van der Waals surface area contributed by atoms with Crippen molar-refractivity contribution in [2.45, 2.75) is 26.2 Å². The van der Waals surface area contributed by atoms with Crippen molar-refractivity contribution in [1.82, 2.24) is 0 Å². The van der Waals surface area contributed by atoms with Crippen molar-refractivity contribution in [3.8, 4) is 0 Å². The quantitative estimate of drug-likeness (QED) is 0.433. The molecule has 66 valence electrons. The molecule has 0 aromatic carbocycles. The fourth-order valence-electron chi connectivity index (χ4n) is 0.707. The Morgan fingerprint density at radius 3 is 2.82 bits per heavy atom. The van der Waals surface area contributed by atoms with Gasteiger partial charge in [-0.05, 0) is 18.8 Å². The molecule has 0 aromatic rings. The van der Waals surface area contributed by atoms with E-state index in [-0.39, 0.29) is 0 Å². The second-order valence-corrected chi connectivity index (χ2v) is 3.32. The van der Waals surface area contributed by atoms with Gasteiger partial charge in [0.05, 0.1) is 12.9 Å². The number of unbranched alkanes of at least 4 members (excludes halogenated alkanes) is 2. The van der Waals surface area contributed by atoms with Gasteiger partial charge in [-0.15, -0.1) is 0 Å². The van der Waals surface area contributed by atoms with Gasteiger partial charge in [0.2, 0.25) is 0 Å². The highest BCUT2D eigenvalue weighted by atomic mass is 32.2. The normalized spacial score (nSPS) is 10.7. The maximum Gasteiger partial charge on any atom is 0.0873 e. The van der Waals surface area contributed by atoms with Crippen LogP contribution in [0, 0.1) is 0 Å². The van der Waals surface area contributed by atoms with Crippen LogP contribution < -0.4 is 0 Å². The molecule has 0 spiro atoms. The Kier molecular flexibility index (Phi) is 9.79. The summed E-state index contributed by atoms with van der Waals surface area (Å²) < 4.78 is 5.24. The Labute approximate surface area is 74.2 Å². The molecule has 0 saturated carbocycles. The molecule has 0 radical (unpaired) electrons. The molecule has 0 heterocycles. The van der Waals surface area contributed by atoms with E-state index in [0.717, 1.165) is 12.4 Å². The largest absolute Gasteiger partial charge is 0.502 e. The molecule has 0 saturated heterocycles. The summed E-state index contributed by atoms with van der Waals surface area (Å²) >= 11 is 1.80. The molecule has 0 atom stereocenters. The molecular formula is C9H18OS. The number of ether oxygens (including phenoxy) is 1. The van der Waals surface area contributed by atoms with Crippen LogP contribution in [0.2, 0.25) is 0 Å². The van der Waals surface area contributed by atoms with Gasteiger partial charge in [0.25, 0.3) is 0 Å². The first-order chi connectivity index (χ1) is 5.41. The highest BCUT2D eigenvalue weighted by Gasteiger charge is 1.82. The first kappa shape index (κ1) is 10.9. The van der Waals surface area contributed by atoms with Crippen molar-refractivity contribution in [2.24, 2.45) is 0 Å². The lowest BCUT2D eigenvalue weighted by atomic mass is 10.3. The maximum atomic E-state index is 5.24. The van der Waals surface area contributed by atoms with Crippen LogP contribution in [0.5, 0.6) is 0 Å². The summed E-state index contributed by atoms with van der Waals surface area (Å²) in [6, 6.07) is 0. The van der Waals surface area contributed by atoms with Crippen LogP contribution in [0.25, 0.3) is 0 Å². The molecule has 0 fully saturated rings. The molecule has 1 nitrogen and oxygen atoms in total. The van der Waals surface area contributed by atoms with E-state index in [2.05, 4.69) is 19.3 Å². The van der Waals surface area contributed by atoms with E-state index < -0.39 is 0 Å². The Bertz CT molecular complexity index is 91.6. The zero-order valence-corrected chi connectivity index (χ0v) is 8.32. The summed E-state index contributed by atoms with van der Waals surface area (Å²) in [6.45, 7) is 3.07. The van der Waals surface area contributed by atoms with Crippen molar-refractivity contribution < 1.29 is 4.74 Å². The first-order valence-corrected chi connectivity index (χ1v) is 5.56. The molecule has 0 aliphatic carbocycles. The summed E-state index contributed by atoms with van der Waals surface area (Å²) in [7, 11) is 0. The second kappa shape index (κ2) is 9.89. The monoisotopic (exact) mass is 174 g/mol. The molecule has 0 aromatic heterocycles. The first-order valence-electron chi connectivity index (χ1n) is 4.17. The van der Waals surface area contributed by atoms with Gasteiger partial charge in [0.1, 0.15) is 0 Å². The van der Waals surface area contributed by atoms with Crippen LogP contribution >= 0.6 is 11.8 Å². The number of hydrogen-bond acceptors (Lipinski definition) is 2. The van der Waals surface area contributed by atoms with E-state index in [9.17, 15) is 0 Å². The van der Waals surface area contributed by atoms with E-state index in [1.165, 1.54) is 19.3 Å². The van der Waals surface area contributed by atoms with Crippen molar-refractivity contribution in [1.29, 1.82) is 0 Å². The van der Waals surface area contributed by atoms with Crippen LogP contribution in [0.15, 0.2) is 12.3 Å². The molecule has 2 heteroatoms. The van der Waals surface area contributed by atoms with Gasteiger partial charge in [0.15, 0.2) is 0 Å². The van der Waals surface area contributed by atoms with E-state index in [0.29, 0.717) is 0 Å². The average Bonchev–Trinajstić information content (AvgIpc) is 2.03. The zero-order chi connectivity index (χ0) is 8.36. The van der Waals surface area contributed by atoms with Gasteiger partial charge in [-0.3, -0.25) is 0 Å². The van der Waals surface area contributed by atoms with Crippen molar-refractivity contribution in [3.05, 3.63) is 12.3 Å². The minimum atomic E-state index is 0.874. The maximum absolute atomic E-state index is 5.24. The summed E-state index contributed by atoms with van der Waals surface area (Å²) in [5, 5.41) is 0. The molecule has 0 N–H and O–H groups in total. The van der Waals surface area contributed by atoms with E-state index in [4.69, 9.17) is 4.74 Å². The van der Waals surface area contributed by atoms with Crippen LogP contribution in [0.1, 0.15) is 26.2 Å². The molecule has 0 rings (SSSR count). The smallest absolute Gasteiger partial charge is 0.0873 e. The van der Waals surface area contributed by atoms with Gasteiger partial charge < -0.3 is 4.74 Å². The molecule has 0 unspecified atom stereocenters. The Morgan fingerprint density at radius 2 is 2.18 bits per heavy atom. The number of rotatable bonds is 7. The molecule has 0 aliphatic rings. The van der Waals surface area contributed by atoms with E-state index in [1.54, 1.807) is 11.8 Å². The van der Waals surface area contributed by atoms with E-state index >= 15 is 0 Å². The molecular weight excluding hydrogens is 156 g/mol. The van der Waals surface area contributed by atoms with Crippen molar-refractivity contribution in [2.75, 3.05) is 18.6 Å². The van der Waals surface area contributed by atoms with Crippen LogP contribution in [0.4, 0.5) is 0 Å². The lowest BCUT2D eigenvalue weighted by Crippen LogP contribution is -1.86. The summed E-state index contributed by atoms with van der Waals surface area (Å²) in [5.74, 6) is 1.05. The number of thioether (sulfide) groups is 1. The van der Waals surface area contributed by atoms with Crippen molar-refractivity contribution in [3.63, 3.8) is 0 Å². The average molecular weight is 174 g/mol. The van der Waals surface area contributed by atoms with Gasteiger partial charge in [-0.2, -0.15) is 11.8 Å². The SMILES string of the molecule is CCCCCO/C=C\CSC. The highest BCUT2D eigenvalue weighted by Crippen LogP contribution is 1.95. The van der Waals surface area contributed by atoms with Gasteiger partial charge in [0, 0.05) is 5.75 Å². The lowest BCUT2D eigenvalue weighted by Gasteiger charge is -1.97.